The molecule has 0 fully saturated rings. The summed E-state index contributed by atoms with van der Waals surface area (Å²) >= 11 is 0. The van der Waals surface area contributed by atoms with Gasteiger partial charge >= 0.3 is 0 Å². The highest BCUT2D eigenvalue weighted by Gasteiger charge is 2.03. The number of nitrogens with zero attached hydrogens (tertiary/aromatic N) is 4. The molecular formula is C11H19IN4. The average molecular weight is 334 g/mol. The first-order chi connectivity index (χ1) is 7.11. The zero-order chi connectivity index (χ0) is 11.3. The van der Waals surface area contributed by atoms with Crippen LogP contribution in [0.15, 0.2) is 29.4 Å². The predicted molar refractivity (Wildman–Crippen MR) is 78.2 cm³/mol. The van der Waals surface area contributed by atoms with Crippen molar-refractivity contribution in [2.24, 2.45) is 4.99 Å². The number of aliphatic imine (C=N–C) groups is 1. The third kappa shape index (κ3) is 4.78. The van der Waals surface area contributed by atoms with E-state index in [1.165, 1.54) is 0 Å². The lowest BCUT2D eigenvalue weighted by molar-refractivity contribution is 0.479. The molecule has 1 heterocycles. The van der Waals surface area contributed by atoms with E-state index in [0.29, 0.717) is 6.54 Å². The van der Waals surface area contributed by atoms with Gasteiger partial charge in [0, 0.05) is 34.4 Å². The topological polar surface area (TPSA) is 31.7 Å². The van der Waals surface area contributed by atoms with Crippen molar-refractivity contribution in [3.05, 3.63) is 30.1 Å². The number of aromatic nitrogens is 1. The Morgan fingerprint density at radius 1 is 1.19 bits per heavy atom. The minimum atomic E-state index is 0. The van der Waals surface area contributed by atoms with Crippen molar-refractivity contribution in [1.82, 2.24) is 14.8 Å². The van der Waals surface area contributed by atoms with Gasteiger partial charge in [0.15, 0.2) is 5.96 Å². The number of rotatable bonds is 2. The second-order valence-electron chi connectivity index (χ2n) is 3.73. The first kappa shape index (κ1) is 15.2. The number of pyridine rings is 1. The maximum absolute atomic E-state index is 4.50. The predicted octanol–water partition coefficient (Wildman–Crippen LogP) is 1.68. The Bertz CT molecular complexity index is 312. The summed E-state index contributed by atoms with van der Waals surface area (Å²) in [6.45, 7) is 0.618. The summed E-state index contributed by atoms with van der Waals surface area (Å²) in [5.74, 6) is 0.945. The highest BCUT2D eigenvalue weighted by molar-refractivity contribution is 14.0. The molecule has 5 heteroatoms. The Labute approximate surface area is 114 Å². The van der Waals surface area contributed by atoms with Crippen molar-refractivity contribution >= 4 is 29.9 Å². The summed E-state index contributed by atoms with van der Waals surface area (Å²) in [4.78, 5) is 12.7. The fourth-order valence-electron chi connectivity index (χ4n) is 1.33. The zero-order valence-corrected chi connectivity index (χ0v) is 12.5. The van der Waals surface area contributed by atoms with E-state index >= 15 is 0 Å². The fraction of sp³-hybridized carbons (Fsp3) is 0.455. The molecule has 0 saturated heterocycles. The smallest absolute Gasteiger partial charge is 0.195 e. The second-order valence-corrected chi connectivity index (χ2v) is 3.73. The van der Waals surface area contributed by atoms with Gasteiger partial charge < -0.3 is 9.80 Å². The van der Waals surface area contributed by atoms with Crippen molar-refractivity contribution < 1.29 is 0 Å². The first-order valence-electron chi connectivity index (χ1n) is 4.90. The molecule has 90 valence electrons. The van der Waals surface area contributed by atoms with Crippen LogP contribution in [0.3, 0.4) is 0 Å². The Kier molecular flexibility index (Phi) is 7.03. The first-order valence-corrected chi connectivity index (χ1v) is 4.90. The van der Waals surface area contributed by atoms with Crippen LogP contribution >= 0.6 is 24.0 Å². The molecule has 0 radical (unpaired) electrons. The molecule has 0 spiro atoms. The molecular weight excluding hydrogens is 315 g/mol. The number of guanidine groups is 1. The molecule has 0 aliphatic carbocycles. The fourth-order valence-corrected chi connectivity index (χ4v) is 1.33. The van der Waals surface area contributed by atoms with Crippen molar-refractivity contribution in [2.45, 2.75) is 6.54 Å². The van der Waals surface area contributed by atoms with E-state index in [1.807, 2.05) is 56.2 Å². The van der Waals surface area contributed by atoms with Gasteiger partial charge in [-0.15, -0.1) is 24.0 Å². The maximum atomic E-state index is 4.50. The van der Waals surface area contributed by atoms with Crippen molar-refractivity contribution in [1.29, 1.82) is 0 Å². The van der Waals surface area contributed by atoms with E-state index in [0.717, 1.165) is 11.7 Å². The van der Waals surface area contributed by atoms with Crippen molar-refractivity contribution in [3.63, 3.8) is 0 Å². The number of hydrogen-bond donors (Lipinski definition) is 0. The van der Waals surface area contributed by atoms with Gasteiger partial charge in [0.2, 0.25) is 0 Å². The van der Waals surface area contributed by atoms with Crippen LogP contribution in [0.2, 0.25) is 0 Å². The zero-order valence-electron chi connectivity index (χ0n) is 10.2. The summed E-state index contributed by atoms with van der Waals surface area (Å²) in [5.41, 5.74) is 0.985. The monoisotopic (exact) mass is 334 g/mol. The van der Waals surface area contributed by atoms with Crippen LogP contribution < -0.4 is 0 Å². The molecule has 0 aliphatic rings. The quantitative estimate of drug-likeness (QED) is 0.469. The van der Waals surface area contributed by atoms with Crippen molar-refractivity contribution in [3.8, 4) is 0 Å². The molecule has 4 nitrogen and oxygen atoms in total. The molecule has 1 aromatic heterocycles. The van der Waals surface area contributed by atoms with Gasteiger partial charge in [0.1, 0.15) is 0 Å². The van der Waals surface area contributed by atoms with E-state index in [-0.39, 0.29) is 24.0 Å². The van der Waals surface area contributed by atoms with Gasteiger partial charge in [-0.1, -0.05) is 6.07 Å². The Morgan fingerprint density at radius 3 is 2.25 bits per heavy atom. The van der Waals surface area contributed by atoms with Gasteiger partial charge in [-0.3, -0.25) is 4.98 Å². The lowest BCUT2D eigenvalue weighted by Gasteiger charge is -2.22. The third-order valence-corrected chi connectivity index (χ3v) is 1.91. The molecule has 0 aromatic carbocycles. The van der Waals surface area contributed by atoms with Gasteiger partial charge in [-0.05, 0) is 12.1 Å². The van der Waals surface area contributed by atoms with Gasteiger partial charge in [-0.2, -0.15) is 0 Å². The highest BCUT2D eigenvalue weighted by atomic mass is 127. The largest absolute Gasteiger partial charge is 0.349 e. The summed E-state index contributed by atoms with van der Waals surface area (Å²) < 4.78 is 0. The van der Waals surface area contributed by atoms with E-state index in [9.17, 15) is 0 Å². The van der Waals surface area contributed by atoms with Crippen LogP contribution in [0.5, 0.6) is 0 Å². The van der Waals surface area contributed by atoms with Gasteiger partial charge in [0.25, 0.3) is 0 Å². The average Bonchev–Trinajstić information content (AvgIpc) is 2.18. The van der Waals surface area contributed by atoms with Gasteiger partial charge in [-0.25, -0.2) is 4.99 Å². The summed E-state index contributed by atoms with van der Waals surface area (Å²) in [5, 5.41) is 0. The normalized spacial score (nSPS) is 9.00. The minimum Gasteiger partial charge on any atom is -0.349 e. The SMILES string of the molecule is CN(C)C(=NCc1ccccn1)N(C)C.I. The van der Waals surface area contributed by atoms with E-state index < -0.39 is 0 Å². The molecule has 0 aliphatic heterocycles. The van der Waals surface area contributed by atoms with Crippen molar-refractivity contribution in [2.75, 3.05) is 28.2 Å². The van der Waals surface area contributed by atoms with Crippen LogP contribution in [0.25, 0.3) is 0 Å². The van der Waals surface area contributed by atoms with Gasteiger partial charge in [0.05, 0.1) is 12.2 Å². The van der Waals surface area contributed by atoms with E-state index in [2.05, 4.69) is 9.98 Å². The molecule has 1 rings (SSSR count). The lowest BCUT2D eigenvalue weighted by atomic mass is 10.3. The Morgan fingerprint density at radius 2 is 1.81 bits per heavy atom. The number of halogens is 1. The minimum absolute atomic E-state index is 0. The van der Waals surface area contributed by atoms with Crippen LogP contribution in [0.1, 0.15) is 5.69 Å². The molecule has 0 bridgehead atoms. The molecule has 0 N–H and O–H groups in total. The molecule has 16 heavy (non-hydrogen) atoms. The molecule has 0 atom stereocenters. The summed E-state index contributed by atoms with van der Waals surface area (Å²) in [6.07, 6.45) is 1.79. The standard InChI is InChI=1S/C11H18N4.HI/c1-14(2)11(15(3)4)13-9-10-7-5-6-8-12-10;/h5-8H,9H2,1-4H3;1H. The number of hydrogen-bond acceptors (Lipinski definition) is 2. The lowest BCUT2D eigenvalue weighted by Crippen LogP contribution is -2.35. The second kappa shape index (κ2) is 7.43. The van der Waals surface area contributed by atoms with E-state index in [4.69, 9.17) is 0 Å². The highest BCUT2D eigenvalue weighted by Crippen LogP contribution is 1.98. The molecule has 1 aromatic rings. The van der Waals surface area contributed by atoms with Crippen LogP contribution in [0.4, 0.5) is 0 Å². The van der Waals surface area contributed by atoms with Crippen LogP contribution in [0, 0.1) is 0 Å². The maximum Gasteiger partial charge on any atom is 0.195 e. The van der Waals surface area contributed by atoms with Crippen LogP contribution in [-0.2, 0) is 6.54 Å². The Balaban J connectivity index is 0.00000225. The summed E-state index contributed by atoms with van der Waals surface area (Å²) in [7, 11) is 7.93. The summed E-state index contributed by atoms with van der Waals surface area (Å²) in [6, 6.07) is 5.86. The molecule has 0 unspecified atom stereocenters. The van der Waals surface area contributed by atoms with Crippen LogP contribution in [-0.4, -0.2) is 48.9 Å². The third-order valence-electron chi connectivity index (χ3n) is 1.91. The molecule has 0 amide bonds. The molecule has 0 saturated carbocycles. The Hall–Kier alpha value is -0.850. The van der Waals surface area contributed by atoms with E-state index in [1.54, 1.807) is 6.20 Å².